The van der Waals surface area contributed by atoms with Crippen LogP contribution in [0.4, 0.5) is 18.0 Å². The van der Waals surface area contributed by atoms with Gasteiger partial charge in [0.05, 0.1) is 12.0 Å². The molecule has 7 heteroatoms. The summed E-state index contributed by atoms with van der Waals surface area (Å²) in [6, 6.07) is 0. The van der Waals surface area contributed by atoms with Crippen molar-refractivity contribution in [2.45, 2.75) is 64.8 Å². The zero-order chi connectivity index (χ0) is 19.0. The lowest BCUT2D eigenvalue weighted by atomic mass is 9.80. The number of carbonyl (C=O) groups is 1. The topological polar surface area (TPSA) is 49.8 Å². The summed E-state index contributed by atoms with van der Waals surface area (Å²) >= 11 is 0. The average Bonchev–Trinajstić information content (AvgIpc) is 2.62. The predicted molar refractivity (Wildman–Crippen MR) is 87.7 cm³/mol. The van der Waals surface area contributed by atoms with Crippen LogP contribution in [0.25, 0.3) is 0 Å². The van der Waals surface area contributed by atoms with Crippen molar-refractivity contribution in [1.82, 2.24) is 4.90 Å². The van der Waals surface area contributed by atoms with Crippen molar-refractivity contribution in [1.29, 1.82) is 0 Å². The predicted octanol–water partition coefficient (Wildman–Crippen LogP) is 4.41. The number of ether oxygens (including phenoxy) is 1. The minimum Gasteiger partial charge on any atom is -0.443 e. The molecule has 0 bridgehead atoms. The zero-order valence-corrected chi connectivity index (χ0v) is 15.1. The van der Waals surface area contributed by atoms with E-state index >= 15 is 0 Å². The summed E-state index contributed by atoms with van der Waals surface area (Å²) in [7, 11) is 0. The van der Waals surface area contributed by atoms with Gasteiger partial charge in [-0.25, -0.2) is 4.79 Å². The van der Waals surface area contributed by atoms with Crippen molar-refractivity contribution >= 4 is 6.09 Å². The molecule has 1 N–H and O–H groups in total. The highest BCUT2D eigenvalue weighted by Crippen LogP contribution is 2.43. The fourth-order valence-corrected chi connectivity index (χ4v) is 3.27. The van der Waals surface area contributed by atoms with Crippen LogP contribution in [0.3, 0.4) is 0 Å². The third-order valence-electron chi connectivity index (χ3n) is 4.46. The molecule has 2 aliphatic rings. The fraction of sp³-hybridized carbons (Fsp3) is 0.722. The molecule has 0 radical (unpaired) electrons. The largest absolute Gasteiger partial charge is 0.443 e. The number of hydrogen-bond donors (Lipinski definition) is 1. The lowest BCUT2D eigenvalue weighted by Gasteiger charge is -2.35. The SMILES string of the molecule is CCC1C=C2C(=CC1C(F)(F)F)N(C(=O)OC(C)(C)C)CCC[C@H]2O. The second-order valence-corrected chi connectivity index (χ2v) is 7.60. The van der Waals surface area contributed by atoms with E-state index in [-0.39, 0.29) is 12.2 Å². The number of hydrogen-bond acceptors (Lipinski definition) is 3. The van der Waals surface area contributed by atoms with Gasteiger partial charge < -0.3 is 9.84 Å². The average molecular weight is 361 g/mol. The van der Waals surface area contributed by atoms with Gasteiger partial charge in [0.2, 0.25) is 0 Å². The van der Waals surface area contributed by atoms with Gasteiger partial charge in [0.1, 0.15) is 5.60 Å². The molecule has 142 valence electrons. The van der Waals surface area contributed by atoms with E-state index in [4.69, 9.17) is 4.74 Å². The first-order chi connectivity index (χ1) is 11.4. The van der Waals surface area contributed by atoms with Crippen molar-refractivity contribution in [2.24, 2.45) is 11.8 Å². The molecule has 0 spiro atoms. The second kappa shape index (κ2) is 7.02. The highest BCUT2D eigenvalue weighted by Gasteiger charge is 2.46. The van der Waals surface area contributed by atoms with Crippen molar-refractivity contribution in [3.63, 3.8) is 0 Å². The molecule has 1 aliphatic carbocycles. The highest BCUT2D eigenvalue weighted by molar-refractivity contribution is 5.72. The molecule has 2 rings (SSSR count). The van der Waals surface area contributed by atoms with Gasteiger partial charge in [-0.2, -0.15) is 13.2 Å². The second-order valence-electron chi connectivity index (χ2n) is 7.60. The zero-order valence-electron chi connectivity index (χ0n) is 15.1. The molecule has 1 amide bonds. The Hall–Kier alpha value is -1.50. The van der Waals surface area contributed by atoms with Gasteiger partial charge in [0.25, 0.3) is 0 Å². The number of carbonyl (C=O) groups excluding carboxylic acids is 1. The first kappa shape index (κ1) is 19.8. The minimum absolute atomic E-state index is 0.131. The Kier molecular flexibility index (Phi) is 5.56. The molecule has 1 heterocycles. The van der Waals surface area contributed by atoms with Crippen LogP contribution in [0.15, 0.2) is 23.4 Å². The van der Waals surface area contributed by atoms with Crippen molar-refractivity contribution in [3.05, 3.63) is 23.4 Å². The van der Waals surface area contributed by atoms with E-state index < -0.39 is 35.8 Å². The van der Waals surface area contributed by atoms with Crippen LogP contribution >= 0.6 is 0 Å². The van der Waals surface area contributed by atoms with Gasteiger partial charge in [-0.15, -0.1) is 0 Å². The third kappa shape index (κ3) is 4.57. The van der Waals surface area contributed by atoms with E-state index in [1.54, 1.807) is 27.7 Å². The number of fused-ring (bicyclic) bond motifs is 1. The molecule has 0 saturated carbocycles. The Balaban J connectivity index is 2.45. The molecular weight excluding hydrogens is 335 g/mol. The number of allylic oxidation sites excluding steroid dienone is 2. The summed E-state index contributed by atoms with van der Waals surface area (Å²) in [6.07, 6.45) is -2.21. The van der Waals surface area contributed by atoms with E-state index in [0.29, 0.717) is 24.8 Å². The molecule has 1 aliphatic heterocycles. The number of rotatable bonds is 1. The molecule has 2 unspecified atom stereocenters. The summed E-state index contributed by atoms with van der Waals surface area (Å²) in [4.78, 5) is 13.7. The smallest absolute Gasteiger partial charge is 0.414 e. The van der Waals surface area contributed by atoms with Gasteiger partial charge in [-0.05, 0) is 52.0 Å². The van der Waals surface area contributed by atoms with E-state index in [1.165, 1.54) is 11.0 Å². The third-order valence-corrected chi connectivity index (χ3v) is 4.46. The lowest BCUT2D eigenvalue weighted by molar-refractivity contribution is -0.171. The first-order valence-electron chi connectivity index (χ1n) is 8.63. The van der Waals surface area contributed by atoms with Gasteiger partial charge in [0.15, 0.2) is 0 Å². The monoisotopic (exact) mass is 361 g/mol. The number of halogens is 3. The molecule has 3 atom stereocenters. The Morgan fingerprint density at radius 2 is 1.96 bits per heavy atom. The van der Waals surface area contributed by atoms with Crippen molar-refractivity contribution < 1.29 is 27.8 Å². The van der Waals surface area contributed by atoms with Gasteiger partial charge in [-0.1, -0.05) is 13.0 Å². The molecule has 1 saturated heterocycles. The van der Waals surface area contributed by atoms with Crippen LogP contribution in [0.5, 0.6) is 0 Å². The summed E-state index contributed by atoms with van der Waals surface area (Å²) in [6.45, 7) is 7.02. The molecule has 0 aromatic rings. The number of alkyl halides is 3. The molecule has 1 fully saturated rings. The maximum Gasteiger partial charge on any atom is 0.414 e. The number of aliphatic hydroxyl groups excluding tert-OH is 1. The Morgan fingerprint density at radius 1 is 1.32 bits per heavy atom. The van der Waals surface area contributed by atoms with Crippen molar-refractivity contribution in [2.75, 3.05) is 6.54 Å². The summed E-state index contributed by atoms with van der Waals surface area (Å²) in [5, 5.41) is 10.3. The number of nitrogens with zero attached hydrogens (tertiary/aromatic N) is 1. The highest BCUT2D eigenvalue weighted by atomic mass is 19.4. The first-order valence-corrected chi connectivity index (χ1v) is 8.63. The van der Waals surface area contributed by atoms with Gasteiger partial charge in [0, 0.05) is 17.8 Å². The van der Waals surface area contributed by atoms with Crippen LogP contribution in [-0.4, -0.2) is 40.5 Å². The molecule has 25 heavy (non-hydrogen) atoms. The van der Waals surface area contributed by atoms with E-state index in [1.807, 2.05) is 0 Å². The number of aliphatic hydroxyl groups is 1. The van der Waals surface area contributed by atoms with Crippen molar-refractivity contribution in [3.8, 4) is 0 Å². The number of likely N-dealkylation sites (tertiary alicyclic amines) is 1. The van der Waals surface area contributed by atoms with Crippen LogP contribution < -0.4 is 0 Å². The molecule has 0 aromatic heterocycles. The molecule has 4 nitrogen and oxygen atoms in total. The molecule has 0 aromatic carbocycles. The number of amides is 1. The van der Waals surface area contributed by atoms with Gasteiger partial charge in [-0.3, -0.25) is 4.90 Å². The van der Waals surface area contributed by atoms with E-state index in [2.05, 4.69) is 0 Å². The standard InChI is InChI=1S/C18H26F3NO3/c1-5-11-9-12-14(10-13(11)18(19,20)21)22(8-6-7-15(12)23)16(24)25-17(2,3)4/h9-11,13,15,23H,5-8H2,1-4H3/t11?,13?,15-/m1/s1. The fourth-order valence-electron chi connectivity index (χ4n) is 3.27. The van der Waals surface area contributed by atoms with E-state index in [9.17, 15) is 23.1 Å². The summed E-state index contributed by atoms with van der Waals surface area (Å²) in [5.74, 6) is -2.42. The Morgan fingerprint density at radius 3 is 2.48 bits per heavy atom. The summed E-state index contributed by atoms with van der Waals surface area (Å²) in [5.41, 5.74) is -0.224. The van der Waals surface area contributed by atoms with Crippen LogP contribution in [0.2, 0.25) is 0 Å². The maximum absolute atomic E-state index is 13.5. The van der Waals surface area contributed by atoms with E-state index in [0.717, 1.165) is 6.08 Å². The summed E-state index contributed by atoms with van der Waals surface area (Å²) < 4.78 is 45.7. The lowest BCUT2D eigenvalue weighted by Crippen LogP contribution is -2.40. The Bertz CT molecular complexity index is 575. The van der Waals surface area contributed by atoms with Gasteiger partial charge >= 0.3 is 12.3 Å². The normalized spacial score (nSPS) is 27.8. The minimum atomic E-state index is -4.41. The van der Waals surface area contributed by atoms with Crippen LogP contribution in [0.1, 0.15) is 47.0 Å². The molecular formula is C18H26F3NO3. The van der Waals surface area contributed by atoms with Crippen LogP contribution in [-0.2, 0) is 4.74 Å². The van der Waals surface area contributed by atoms with Crippen LogP contribution in [0, 0.1) is 11.8 Å². The quantitative estimate of drug-likeness (QED) is 0.753. The Labute approximate surface area is 146 Å². The maximum atomic E-state index is 13.5.